The van der Waals surface area contributed by atoms with Gasteiger partial charge in [0.1, 0.15) is 6.04 Å². The van der Waals surface area contributed by atoms with E-state index in [1.807, 2.05) is 0 Å². The summed E-state index contributed by atoms with van der Waals surface area (Å²) in [5.41, 5.74) is 0. The average Bonchev–Trinajstić information content (AvgIpc) is 2.69. The van der Waals surface area contributed by atoms with Crippen molar-refractivity contribution in [1.82, 2.24) is 4.72 Å². The van der Waals surface area contributed by atoms with Crippen molar-refractivity contribution >= 4 is 25.8 Å². The summed E-state index contributed by atoms with van der Waals surface area (Å²) in [5.74, 6) is -1.92. The molecule has 0 radical (unpaired) electrons. The van der Waals surface area contributed by atoms with Gasteiger partial charge in [-0.2, -0.15) is 0 Å². The van der Waals surface area contributed by atoms with Crippen molar-refractivity contribution in [3.63, 3.8) is 0 Å². The van der Waals surface area contributed by atoms with E-state index in [1.54, 1.807) is 0 Å². The van der Waals surface area contributed by atoms with Crippen LogP contribution in [0.1, 0.15) is 19.3 Å². The molecule has 118 valence electrons. The Balaban J connectivity index is 2.69. The first-order valence-electron chi connectivity index (χ1n) is 6.11. The van der Waals surface area contributed by atoms with Gasteiger partial charge in [0, 0.05) is 13.7 Å². The molecule has 0 aliphatic carbocycles. The molecule has 1 fully saturated rings. The number of sulfone groups is 1. The highest BCUT2D eigenvalue weighted by molar-refractivity contribution is 7.95. The molecule has 1 heterocycles. The predicted molar refractivity (Wildman–Crippen MR) is 71.6 cm³/mol. The van der Waals surface area contributed by atoms with E-state index in [0.717, 1.165) is 0 Å². The number of hydrogen-bond donors (Lipinski definition) is 2. The van der Waals surface area contributed by atoms with E-state index in [9.17, 15) is 21.6 Å². The summed E-state index contributed by atoms with van der Waals surface area (Å²) in [6, 6.07) is -1.27. The van der Waals surface area contributed by atoms with Crippen LogP contribution >= 0.6 is 0 Å². The van der Waals surface area contributed by atoms with Crippen LogP contribution in [0.25, 0.3) is 0 Å². The van der Waals surface area contributed by atoms with Gasteiger partial charge in [-0.15, -0.1) is 0 Å². The number of carbonyl (C=O) groups is 1. The number of hydrogen-bond acceptors (Lipinski definition) is 6. The minimum absolute atomic E-state index is 0.00206. The van der Waals surface area contributed by atoms with Gasteiger partial charge in [-0.25, -0.2) is 21.6 Å². The number of rotatable bonds is 8. The number of aliphatic carboxylic acids is 1. The monoisotopic (exact) mass is 329 g/mol. The van der Waals surface area contributed by atoms with Gasteiger partial charge in [0.2, 0.25) is 10.0 Å². The first kappa shape index (κ1) is 17.3. The van der Waals surface area contributed by atoms with Gasteiger partial charge in [0.05, 0.1) is 16.8 Å². The van der Waals surface area contributed by atoms with Crippen LogP contribution in [-0.4, -0.2) is 64.4 Å². The first-order chi connectivity index (χ1) is 9.18. The molecule has 2 atom stereocenters. The van der Waals surface area contributed by atoms with Gasteiger partial charge >= 0.3 is 5.97 Å². The maximum Gasteiger partial charge on any atom is 0.321 e. The molecule has 10 heteroatoms. The van der Waals surface area contributed by atoms with Crippen molar-refractivity contribution in [2.24, 2.45) is 0 Å². The molecule has 2 unspecified atom stereocenters. The third kappa shape index (κ3) is 5.00. The fourth-order valence-corrected chi connectivity index (χ4v) is 6.23. The van der Waals surface area contributed by atoms with Crippen molar-refractivity contribution < 1.29 is 31.5 Å². The van der Waals surface area contributed by atoms with E-state index in [0.29, 0.717) is 13.0 Å². The maximum atomic E-state index is 12.0. The number of ether oxygens (including phenoxy) is 1. The van der Waals surface area contributed by atoms with Gasteiger partial charge in [0.15, 0.2) is 9.84 Å². The number of sulfonamides is 1. The summed E-state index contributed by atoms with van der Waals surface area (Å²) in [6.45, 7) is 0.323. The van der Waals surface area contributed by atoms with Gasteiger partial charge in [0.25, 0.3) is 0 Å². The van der Waals surface area contributed by atoms with Gasteiger partial charge in [-0.05, 0) is 19.3 Å². The Bertz CT molecular complexity index is 540. The minimum atomic E-state index is -3.96. The molecule has 0 aromatic carbocycles. The van der Waals surface area contributed by atoms with Crippen LogP contribution in [0.3, 0.4) is 0 Å². The molecule has 1 aliphatic rings. The van der Waals surface area contributed by atoms with E-state index in [-0.39, 0.29) is 18.6 Å². The fraction of sp³-hybridized carbons (Fsp3) is 0.900. The summed E-state index contributed by atoms with van der Waals surface area (Å²) >= 11 is 0. The normalized spacial score (nSPS) is 23.6. The molecule has 2 N–H and O–H groups in total. The molecule has 8 nitrogen and oxygen atoms in total. The molecule has 1 saturated heterocycles. The highest BCUT2D eigenvalue weighted by Crippen LogP contribution is 2.19. The van der Waals surface area contributed by atoms with Crippen molar-refractivity contribution in [3.8, 4) is 0 Å². The summed E-state index contributed by atoms with van der Waals surface area (Å²) < 4.78 is 53.4. The van der Waals surface area contributed by atoms with Crippen LogP contribution in [0.5, 0.6) is 0 Å². The molecule has 0 aromatic heterocycles. The Hall–Kier alpha value is -0.710. The molecule has 0 saturated carbocycles. The summed E-state index contributed by atoms with van der Waals surface area (Å²) in [5, 5.41) is 7.92. The summed E-state index contributed by atoms with van der Waals surface area (Å²) in [7, 11) is -5.84. The maximum absolute atomic E-state index is 12.0. The van der Waals surface area contributed by atoms with Crippen molar-refractivity contribution in [3.05, 3.63) is 0 Å². The van der Waals surface area contributed by atoms with Gasteiger partial charge in [-0.1, -0.05) is 0 Å². The minimum Gasteiger partial charge on any atom is -0.480 e. The fourth-order valence-electron chi connectivity index (χ4n) is 1.96. The lowest BCUT2D eigenvalue weighted by molar-refractivity contribution is -0.139. The van der Waals surface area contributed by atoms with Gasteiger partial charge < -0.3 is 9.84 Å². The summed E-state index contributed by atoms with van der Waals surface area (Å²) in [6.07, 6.45) is 0.475. The zero-order valence-electron chi connectivity index (χ0n) is 11.1. The lowest BCUT2D eigenvalue weighted by atomic mass is 10.2. The van der Waals surface area contributed by atoms with Crippen LogP contribution in [0, 0.1) is 0 Å². The second-order valence-electron chi connectivity index (χ2n) is 4.71. The number of carboxylic acids is 1. The van der Waals surface area contributed by atoms with E-state index in [1.165, 1.54) is 7.11 Å². The topological polar surface area (TPSA) is 127 Å². The molecule has 1 aliphatic heterocycles. The molecule has 0 bridgehead atoms. The molecule has 0 amide bonds. The first-order valence-corrected chi connectivity index (χ1v) is 9.48. The molecule has 20 heavy (non-hydrogen) atoms. The van der Waals surface area contributed by atoms with Crippen molar-refractivity contribution in [2.75, 3.05) is 25.2 Å². The number of nitrogens with one attached hydrogen (secondary N) is 1. The molecule has 0 spiro atoms. The van der Waals surface area contributed by atoms with Crippen LogP contribution in [-0.2, 0) is 29.4 Å². The zero-order valence-corrected chi connectivity index (χ0v) is 12.7. The Labute approximate surface area is 118 Å². The standard InChI is InChI=1S/C10H19NO7S2/c1-18-5-2-3-9(10(12)13)11-20(16,17)8-4-6-19(14,15)7-8/h8-9,11H,2-7H2,1H3,(H,12,13). The largest absolute Gasteiger partial charge is 0.480 e. The zero-order chi connectivity index (χ0) is 15.4. The third-order valence-corrected chi connectivity index (χ3v) is 6.95. The van der Waals surface area contributed by atoms with Gasteiger partial charge in [-0.3, -0.25) is 4.79 Å². The van der Waals surface area contributed by atoms with Crippen molar-refractivity contribution in [2.45, 2.75) is 30.6 Å². The number of methoxy groups -OCH3 is 1. The highest BCUT2D eigenvalue weighted by Gasteiger charge is 2.38. The second-order valence-corrected chi connectivity index (χ2v) is 8.93. The molecular formula is C10H19NO7S2. The quantitative estimate of drug-likeness (QED) is 0.545. The SMILES string of the molecule is COCCCC(NS(=O)(=O)C1CCS(=O)(=O)C1)C(=O)O. The van der Waals surface area contributed by atoms with E-state index in [4.69, 9.17) is 9.84 Å². The summed E-state index contributed by atoms with van der Waals surface area (Å²) in [4.78, 5) is 11.0. The predicted octanol–water partition coefficient (Wildman–Crippen LogP) is -1.03. The van der Waals surface area contributed by atoms with Crippen molar-refractivity contribution in [1.29, 1.82) is 0 Å². The third-order valence-electron chi connectivity index (χ3n) is 3.08. The Morgan fingerprint density at radius 3 is 2.60 bits per heavy atom. The highest BCUT2D eigenvalue weighted by atomic mass is 32.2. The Morgan fingerprint density at radius 2 is 2.15 bits per heavy atom. The van der Waals surface area contributed by atoms with E-state index < -0.39 is 42.9 Å². The Morgan fingerprint density at radius 1 is 1.50 bits per heavy atom. The second kappa shape index (κ2) is 6.83. The van der Waals surface area contributed by atoms with Crippen LogP contribution in [0.15, 0.2) is 0 Å². The average molecular weight is 329 g/mol. The number of carboxylic acid groups (broad SMARTS) is 1. The van der Waals surface area contributed by atoms with Crippen LogP contribution in [0.2, 0.25) is 0 Å². The lowest BCUT2D eigenvalue weighted by Gasteiger charge is -2.17. The van der Waals surface area contributed by atoms with E-state index >= 15 is 0 Å². The molecule has 0 aromatic rings. The smallest absolute Gasteiger partial charge is 0.321 e. The molecular weight excluding hydrogens is 310 g/mol. The molecule has 1 rings (SSSR count). The lowest BCUT2D eigenvalue weighted by Crippen LogP contribution is -2.45. The van der Waals surface area contributed by atoms with E-state index in [2.05, 4.69) is 4.72 Å². The van der Waals surface area contributed by atoms with Crippen LogP contribution in [0.4, 0.5) is 0 Å². The van der Waals surface area contributed by atoms with Crippen LogP contribution < -0.4 is 4.72 Å². The Kier molecular flexibility index (Phi) is 5.92.